The third-order valence-electron chi connectivity index (χ3n) is 5.36. The number of rotatable bonds is 8. The molecular formula is C23H26N2O6. The van der Waals surface area contributed by atoms with E-state index in [0.29, 0.717) is 26.3 Å². The van der Waals surface area contributed by atoms with Crippen molar-refractivity contribution in [3.05, 3.63) is 59.7 Å². The van der Waals surface area contributed by atoms with Crippen LogP contribution in [-0.2, 0) is 25.4 Å². The van der Waals surface area contributed by atoms with Crippen LogP contribution in [-0.4, -0.2) is 64.9 Å². The lowest BCUT2D eigenvalue weighted by atomic mass is 10.0. The number of amides is 2. The molecule has 0 bridgehead atoms. The third kappa shape index (κ3) is 4.81. The Kier molecular flexibility index (Phi) is 6.39. The molecule has 0 aromatic heterocycles. The summed E-state index contributed by atoms with van der Waals surface area (Å²) in [6, 6.07) is 15.7. The lowest BCUT2D eigenvalue weighted by Crippen LogP contribution is -2.25. The first kappa shape index (κ1) is 21.1. The standard InChI is InChI=1S/C23H26N2O6/c1-28-14-20-12-24(22(26)30-20)18-7-3-16(4-8-18)11-17-5-9-19(10-6-17)25-13-21(15-29-2)31-23(25)27/h3-10,20-21H,11-15H2,1-2H3. The van der Waals surface area contributed by atoms with Crippen LogP contribution < -0.4 is 9.80 Å². The van der Waals surface area contributed by atoms with E-state index in [1.165, 1.54) is 0 Å². The predicted octanol–water partition coefficient (Wildman–Crippen LogP) is 3.22. The Morgan fingerprint density at radius 3 is 1.48 bits per heavy atom. The van der Waals surface area contributed by atoms with Crippen LogP contribution in [0.4, 0.5) is 21.0 Å². The van der Waals surface area contributed by atoms with Crippen molar-refractivity contribution in [3.63, 3.8) is 0 Å². The van der Waals surface area contributed by atoms with Gasteiger partial charge in [0.05, 0.1) is 26.3 Å². The molecule has 0 spiro atoms. The number of benzene rings is 2. The largest absolute Gasteiger partial charge is 0.441 e. The molecule has 0 saturated carbocycles. The van der Waals surface area contributed by atoms with E-state index in [1.807, 2.05) is 48.5 Å². The number of hydrogen-bond donors (Lipinski definition) is 0. The Hall–Kier alpha value is -3.10. The number of cyclic esters (lactones) is 2. The highest BCUT2D eigenvalue weighted by atomic mass is 16.6. The van der Waals surface area contributed by atoms with E-state index in [1.54, 1.807) is 24.0 Å². The SMILES string of the molecule is COCC1CN(c2ccc(Cc3ccc(N4CC(COC)OC4=O)cc3)cc2)C(=O)O1. The number of nitrogens with zero attached hydrogens (tertiary/aromatic N) is 2. The number of methoxy groups -OCH3 is 2. The Balaban J connectivity index is 1.37. The zero-order chi connectivity index (χ0) is 21.8. The van der Waals surface area contributed by atoms with Crippen LogP contribution in [0, 0.1) is 0 Å². The van der Waals surface area contributed by atoms with Crippen molar-refractivity contribution < 1.29 is 28.5 Å². The summed E-state index contributed by atoms with van der Waals surface area (Å²) in [4.78, 5) is 27.4. The van der Waals surface area contributed by atoms with E-state index >= 15 is 0 Å². The van der Waals surface area contributed by atoms with Crippen LogP contribution in [0.2, 0.25) is 0 Å². The molecule has 164 valence electrons. The molecule has 2 aliphatic heterocycles. The fourth-order valence-corrected chi connectivity index (χ4v) is 3.83. The van der Waals surface area contributed by atoms with Crippen LogP contribution in [0.1, 0.15) is 11.1 Å². The molecular weight excluding hydrogens is 400 g/mol. The molecule has 2 unspecified atom stereocenters. The van der Waals surface area contributed by atoms with E-state index in [-0.39, 0.29) is 24.4 Å². The Labute approximate surface area is 181 Å². The molecule has 2 heterocycles. The monoisotopic (exact) mass is 426 g/mol. The highest BCUT2D eigenvalue weighted by Crippen LogP contribution is 2.25. The zero-order valence-corrected chi connectivity index (χ0v) is 17.7. The second kappa shape index (κ2) is 9.36. The van der Waals surface area contributed by atoms with E-state index in [9.17, 15) is 9.59 Å². The van der Waals surface area contributed by atoms with Gasteiger partial charge in [-0.2, -0.15) is 0 Å². The highest BCUT2D eigenvalue weighted by Gasteiger charge is 2.33. The molecule has 8 nitrogen and oxygen atoms in total. The highest BCUT2D eigenvalue weighted by molar-refractivity contribution is 5.90. The van der Waals surface area contributed by atoms with Gasteiger partial charge in [0, 0.05) is 25.6 Å². The Bertz CT molecular complexity index is 839. The molecule has 4 rings (SSSR count). The smallest absolute Gasteiger partial charge is 0.414 e. The van der Waals surface area contributed by atoms with Crippen LogP contribution in [0.5, 0.6) is 0 Å². The van der Waals surface area contributed by atoms with E-state index in [4.69, 9.17) is 18.9 Å². The lowest BCUT2D eigenvalue weighted by Gasteiger charge is -2.14. The summed E-state index contributed by atoms with van der Waals surface area (Å²) < 4.78 is 20.7. The summed E-state index contributed by atoms with van der Waals surface area (Å²) in [5, 5.41) is 0. The first-order valence-corrected chi connectivity index (χ1v) is 10.2. The van der Waals surface area contributed by atoms with E-state index < -0.39 is 0 Å². The van der Waals surface area contributed by atoms with Crippen LogP contribution >= 0.6 is 0 Å². The van der Waals surface area contributed by atoms with Gasteiger partial charge in [0.2, 0.25) is 0 Å². The maximum Gasteiger partial charge on any atom is 0.414 e. The van der Waals surface area contributed by atoms with Crippen molar-refractivity contribution in [3.8, 4) is 0 Å². The van der Waals surface area contributed by atoms with Crippen LogP contribution in [0.15, 0.2) is 48.5 Å². The number of ether oxygens (including phenoxy) is 4. The Morgan fingerprint density at radius 2 is 1.13 bits per heavy atom. The lowest BCUT2D eigenvalue weighted by molar-refractivity contribution is 0.0715. The molecule has 2 aromatic carbocycles. The van der Waals surface area contributed by atoms with Crippen molar-refractivity contribution in [2.45, 2.75) is 18.6 Å². The topological polar surface area (TPSA) is 77.5 Å². The summed E-state index contributed by atoms with van der Waals surface area (Å²) >= 11 is 0. The van der Waals surface area contributed by atoms with Gasteiger partial charge >= 0.3 is 12.2 Å². The quantitative estimate of drug-likeness (QED) is 0.645. The summed E-state index contributed by atoms with van der Waals surface area (Å²) in [6.07, 6.45) is -0.438. The third-order valence-corrected chi connectivity index (χ3v) is 5.36. The van der Waals surface area contributed by atoms with Gasteiger partial charge in [-0.1, -0.05) is 24.3 Å². The van der Waals surface area contributed by atoms with Gasteiger partial charge in [0.1, 0.15) is 12.2 Å². The molecule has 0 N–H and O–H groups in total. The van der Waals surface area contributed by atoms with Crippen molar-refractivity contribution in [1.29, 1.82) is 0 Å². The summed E-state index contributed by atoms with van der Waals surface area (Å²) in [5.74, 6) is 0. The average Bonchev–Trinajstić information content (AvgIpc) is 3.32. The zero-order valence-electron chi connectivity index (χ0n) is 17.7. The molecule has 2 fully saturated rings. The molecule has 8 heteroatoms. The van der Waals surface area contributed by atoms with Gasteiger partial charge in [0.25, 0.3) is 0 Å². The average molecular weight is 426 g/mol. The van der Waals surface area contributed by atoms with Crippen molar-refractivity contribution >= 4 is 23.6 Å². The summed E-state index contributed by atoms with van der Waals surface area (Å²) in [6.45, 7) is 1.74. The molecule has 0 radical (unpaired) electrons. The molecule has 0 aliphatic carbocycles. The normalized spacial score (nSPS) is 20.8. The number of anilines is 2. The Morgan fingerprint density at radius 1 is 0.742 bits per heavy atom. The maximum absolute atomic E-state index is 12.1. The number of carbonyl (C=O) groups excluding carboxylic acids is 2. The first-order chi connectivity index (χ1) is 15.1. The predicted molar refractivity (Wildman–Crippen MR) is 115 cm³/mol. The van der Waals surface area contributed by atoms with Gasteiger partial charge in [-0.15, -0.1) is 0 Å². The van der Waals surface area contributed by atoms with Gasteiger partial charge in [0.15, 0.2) is 0 Å². The molecule has 2 aromatic rings. The van der Waals surface area contributed by atoms with Crippen molar-refractivity contribution in [2.75, 3.05) is 50.3 Å². The summed E-state index contributed by atoms with van der Waals surface area (Å²) in [5.41, 5.74) is 3.86. The number of hydrogen-bond acceptors (Lipinski definition) is 6. The second-order valence-electron chi connectivity index (χ2n) is 7.65. The number of carbonyl (C=O) groups is 2. The summed E-state index contributed by atoms with van der Waals surface area (Å²) in [7, 11) is 3.18. The minimum absolute atomic E-state index is 0.242. The van der Waals surface area contributed by atoms with Crippen LogP contribution in [0.25, 0.3) is 0 Å². The molecule has 2 atom stereocenters. The van der Waals surface area contributed by atoms with E-state index in [0.717, 1.165) is 28.9 Å². The maximum atomic E-state index is 12.1. The molecule has 2 amide bonds. The van der Waals surface area contributed by atoms with Gasteiger partial charge < -0.3 is 18.9 Å². The van der Waals surface area contributed by atoms with Gasteiger partial charge in [-0.25, -0.2) is 9.59 Å². The van der Waals surface area contributed by atoms with Crippen LogP contribution in [0.3, 0.4) is 0 Å². The van der Waals surface area contributed by atoms with Gasteiger partial charge in [-0.3, -0.25) is 9.80 Å². The molecule has 31 heavy (non-hydrogen) atoms. The minimum Gasteiger partial charge on any atom is -0.441 e. The minimum atomic E-state index is -0.349. The van der Waals surface area contributed by atoms with Crippen molar-refractivity contribution in [1.82, 2.24) is 0 Å². The first-order valence-electron chi connectivity index (χ1n) is 10.2. The fourth-order valence-electron chi connectivity index (χ4n) is 3.83. The second-order valence-corrected chi connectivity index (χ2v) is 7.65. The molecule has 2 aliphatic rings. The fraction of sp³-hybridized carbons (Fsp3) is 0.391. The molecule has 2 saturated heterocycles. The van der Waals surface area contributed by atoms with E-state index in [2.05, 4.69) is 0 Å². The van der Waals surface area contributed by atoms with Crippen molar-refractivity contribution in [2.24, 2.45) is 0 Å². The van der Waals surface area contributed by atoms with Gasteiger partial charge in [-0.05, 0) is 41.8 Å².